The van der Waals surface area contributed by atoms with Crippen molar-refractivity contribution in [3.63, 3.8) is 0 Å². The minimum atomic E-state index is -0.471. The fraction of sp³-hybridized carbons (Fsp3) is 0.538. The van der Waals surface area contributed by atoms with Crippen LogP contribution in [0.2, 0.25) is 0 Å². The van der Waals surface area contributed by atoms with Crippen molar-refractivity contribution in [2.24, 2.45) is 0 Å². The average molecular weight is 267 g/mol. The predicted octanol–water partition coefficient (Wildman–Crippen LogP) is 1.68. The summed E-state index contributed by atoms with van der Waals surface area (Å²) >= 11 is 0. The van der Waals surface area contributed by atoms with Crippen molar-refractivity contribution in [2.75, 3.05) is 31.9 Å². The maximum Gasteiger partial charge on any atom is 0.340 e. The van der Waals surface area contributed by atoms with Gasteiger partial charge in [0.2, 0.25) is 0 Å². The van der Waals surface area contributed by atoms with Crippen molar-refractivity contribution in [3.05, 3.63) is 17.8 Å². The number of methoxy groups -OCH3 is 2. The maximum atomic E-state index is 11.5. The van der Waals surface area contributed by atoms with Crippen LogP contribution in [-0.2, 0) is 9.47 Å². The lowest BCUT2D eigenvalue weighted by molar-refractivity contribution is 0.0602. The molecule has 1 atom stereocenters. The van der Waals surface area contributed by atoms with E-state index in [1.807, 2.05) is 0 Å². The van der Waals surface area contributed by atoms with Gasteiger partial charge in [-0.15, -0.1) is 0 Å². The molecule has 3 N–H and O–H groups in total. The smallest absolute Gasteiger partial charge is 0.340 e. The van der Waals surface area contributed by atoms with Crippen LogP contribution in [0.1, 0.15) is 30.1 Å². The second kappa shape index (κ2) is 7.58. The zero-order chi connectivity index (χ0) is 14.3. The molecule has 6 heteroatoms. The van der Waals surface area contributed by atoms with E-state index in [0.717, 1.165) is 12.8 Å². The second-order valence-electron chi connectivity index (χ2n) is 4.23. The third kappa shape index (κ3) is 4.40. The lowest BCUT2D eigenvalue weighted by Crippen LogP contribution is -2.25. The summed E-state index contributed by atoms with van der Waals surface area (Å²) < 4.78 is 9.82. The molecule has 0 saturated heterocycles. The summed E-state index contributed by atoms with van der Waals surface area (Å²) in [5, 5.41) is 3.23. The van der Waals surface area contributed by atoms with Gasteiger partial charge < -0.3 is 20.5 Å². The van der Waals surface area contributed by atoms with Crippen LogP contribution in [-0.4, -0.2) is 37.8 Å². The van der Waals surface area contributed by atoms with Crippen LogP contribution in [0.3, 0.4) is 0 Å². The van der Waals surface area contributed by atoms with Crippen molar-refractivity contribution < 1.29 is 14.3 Å². The normalized spacial score (nSPS) is 11.9. The number of aromatic nitrogens is 1. The van der Waals surface area contributed by atoms with E-state index < -0.39 is 5.97 Å². The van der Waals surface area contributed by atoms with Crippen LogP contribution in [0.4, 0.5) is 11.5 Å². The maximum absolute atomic E-state index is 11.5. The number of rotatable bonds is 7. The van der Waals surface area contributed by atoms with Crippen LogP contribution >= 0.6 is 0 Å². The van der Waals surface area contributed by atoms with E-state index in [1.165, 1.54) is 13.3 Å². The molecule has 1 rings (SSSR count). The van der Waals surface area contributed by atoms with E-state index in [4.69, 9.17) is 10.5 Å². The number of nitrogens with one attached hydrogen (secondary N) is 1. The first-order valence-electron chi connectivity index (χ1n) is 6.21. The van der Waals surface area contributed by atoms with Gasteiger partial charge in [-0.05, 0) is 12.5 Å². The van der Waals surface area contributed by atoms with Gasteiger partial charge in [-0.2, -0.15) is 0 Å². The van der Waals surface area contributed by atoms with Crippen molar-refractivity contribution in [1.29, 1.82) is 0 Å². The third-order valence-corrected chi connectivity index (χ3v) is 2.70. The Kier molecular flexibility index (Phi) is 6.08. The first-order valence-corrected chi connectivity index (χ1v) is 6.21. The van der Waals surface area contributed by atoms with E-state index in [0.29, 0.717) is 23.7 Å². The Morgan fingerprint density at radius 2 is 2.26 bits per heavy atom. The molecule has 0 aliphatic rings. The lowest BCUT2D eigenvalue weighted by atomic mass is 10.1. The topological polar surface area (TPSA) is 86.5 Å². The van der Waals surface area contributed by atoms with Crippen LogP contribution in [0.25, 0.3) is 0 Å². The van der Waals surface area contributed by atoms with Gasteiger partial charge in [-0.1, -0.05) is 13.3 Å². The van der Waals surface area contributed by atoms with Gasteiger partial charge in [0.15, 0.2) is 0 Å². The van der Waals surface area contributed by atoms with Crippen molar-refractivity contribution in [3.8, 4) is 0 Å². The number of carbonyl (C=O) groups excluding carboxylic acids is 1. The quantitative estimate of drug-likeness (QED) is 0.731. The standard InChI is InChI=1S/C13H21N3O3/c1-4-5-9(8-18-2)16-12-6-10(13(17)19-3)11(14)7-15-12/h6-7,9H,4-5,8,14H2,1-3H3,(H,15,16). The first kappa shape index (κ1) is 15.2. The van der Waals surface area contributed by atoms with Gasteiger partial charge in [0.1, 0.15) is 5.82 Å². The number of esters is 1. The SMILES string of the molecule is CCCC(COC)Nc1cc(C(=O)OC)c(N)cn1. The monoisotopic (exact) mass is 267 g/mol. The molecule has 6 nitrogen and oxygen atoms in total. The summed E-state index contributed by atoms with van der Waals surface area (Å²) in [6.45, 7) is 2.67. The number of nitrogen functional groups attached to an aromatic ring is 1. The molecule has 19 heavy (non-hydrogen) atoms. The molecule has 0 aromatic carbocycles. The molecule has 0 saturated carbocycles. The Balaban J connectivity index is 2.85. The van der Waals surface area contributed by atoms with Crippen molar-refractivity contribution >= 4 is 17.5 Å². The molecule has 1 aromatic heterocycles. The van der Waals surface area contributed by atoms with Gasteiger partial charge >= 0.3 is 5.97 Å². The average Bonchev–Trinajstić information content (AvgIpc) is 2.40. The predicted molar refractivity (Wildman–Crippen MR) is 74.2 cm³/mol. The summed E-state index contributed by atoms with van der Waals surface area (Å²) in [4.78, 5) is 15.7. The summed E-state index contributed by atoms with van der Waals surface area (Å²) in [7, 11) is 2.97. The molecule has 1 unspecified atom stereocenters. The van der Waals surface area contributed by atoms with Gasteiger partial charge in [-0.3, -0.25) is 0 Å². The van der Waals surface area contributed by atoms with Crippen LogP contribution < -0.4 is 11.1 Å². The van der Waals surface area contributed by atoms with Gasteiger partial charge in [0.05, 0.1) is 37.2 Å². The summed E-state index contributed by atoms with van der Waals surface area (Å²) in [6.07, 6.45) is 3.43. The Morgan fingerprint density at radius 1 is 1.53 bits per heavy atom. The van der Waals surface area contributed by atoms with E-state index in [1.54, 1.807) is 13.2 Å². The molecule has 0 amide bonds. The minimum Gasteiger partial charge on any atom is -0.465 e. The number of carbonyl (C=O) groups is 1. The Bertz CT molecular complexity index is 418. The van der Waals surface area contributed by atoms with E-state index in [-0.39, 0.29) is 6.04 Å². The van der Waals surface area contributed by atoms with Gasteiger partial charge in [-0.25, -0.2) is 9.78 Å². The van der Waals surface area contributed by atoms with Crippen molar-refractivity contribution in [1.82, 2.24) is 4.98 Å². The molecule has 0 aliphatic heterocycles. The third-order valence-electron chi connectivity index (χ3n) is 2.70. The fourth-order valence-electron chi connectivity index (χ4n) is 1.79. The zero-order valence-electron chi connectivity index (χ0n) is 11.6. The minimum absolute atomic E-state index is 0.150. The van der Waals surface area contributed by atoms with Gasteiger partial charge in [0.25, 0.3) is 0 Å². The molecule has 1 heterocycles. The largest absolute Gasteiger partial charge is 0.465 e. The van der Waals surface area contributed by atoms with Crippen LogP contribution in [0.15, 0.2) is 12.3 Å². The number of hydrogen-bond acceptors (Lipinski definition) is 6. The molecule has 1 aromatic rings. The molecule has 106 valence electrons. The Hall–Kier alpha value is -1.82. The van der Waals surface area contributed by atoms with E-state index in [9.17, 15) is 4.79 Å². The zero-order valence-corrected chi connectivity index (χ0v) is 11.6. The van der Waals surface area contributed by atoms with E-state index in [2.05, 4.69) is 22.0 Å². The fourth-order valence-corrected chi connectivity index (χ4v) is 1.79. The molecule has 0 aliphatic carbocycles. The second-order valence-corrected chi connectivity index (χ2v) is 4.23. The molecule has 0 bridgehead atoms. The molecular formula is C13H21N3O3. The number of anilines is 2. The summed E-state index contributed by atoms with van der Waals surface area (Å²) in [6, 6.07) is 1.75. The number of nitrogens with two attached hydrogens (primary N) is 1. The lowest BCUT2D eigenvalue weighted by Gasteiger charge is -2.18. The van der Waals surface area contributed by atoms with Gasteiger partial charge in [0, 0.05) is 7.11 Å². The highest BCUT2D eigenvalue weighted by molar-refractivity contribution is 5.95. The highest BCUT2D eigenvalue weighted by atomic mass is 16.5. The Labute approximate surface area is 113 Å². The van der Waals surface area contributed by atoms with Crippen LogP contribution in [0.5, 0.6) is 0 Å². The Morgan fingerprint density at radius 3 is 2.84 bits per heavy atom. The van der Waals surface area contributed by atoms with Crippen LogP contribution in [0, 0.1) is 0 Å². The first-order chi connectivity index (χ1) is 9.12. The summed E-state index contributed by atoms with van der Waals surface area (Å²) in [5.41, 5.74) is 6.31. The summed E-state index contributed by atoms with van der Waals surface area (Å²) in [5.74, 6) is 0.117. The number of hydrogen-bond donors (Lipinski definition) is 2. The highest BCUT2D eigenvalue weighted by Crippen LogP contribution is 2.17. The van der Waals surface area contributed by atoms with Crippen molar-refractivity contribution in [2.45, 2.75) is 25.8 Å². The molecule has 0 fully saturated rings. The highest BCUT2D eigenvalue weighted by Gasteiger charge is 2.14. The molecule has 0 spiro atoms. The number of pyridine rings is 1. The number of ether oxygens (including phenoxy) is 2. The molecular weight excluding hydrogens is 246 g/mol. The van der Waals surface area contributed by atoms with E-state index >= 15 is 0 Å². The molecule has 0 radical (unpaired) electrons. The number of nitrogens with zero attached hydrogens (tertiary/aromatic N) is 1.